The number of halogens is 1. The smallest absolute Gasteiger partial charge is 0.131 e. The highest BCUT2D eigenvalue weighted by atomic mass is 19.1. The van der Waals surface area contributed by atoms with Crippen LogP contribution in [0.4, 0.5) is 4.39 Å². The van der Waals surface area contributed by atoms with Gasteiger partial charge in [-0.05, 0) is 25.5 Å². The average molecular weight is 259 g/mol. The van der Waals surface area contributed by atoms with Crippen LogP contribution in [0.5, 0.6) is 0 Å². The molecule has 1 fully saturated rings. The molecule has 1 aromatic carbocycles. The van der Waals surface area contributed by atoms with Crippen LogP contribution in [0, 0.1) is 5.82 Å². The van der Waals surface area contributed by atoms with Gasteiger partial charge in [-0.25, -0.2) is 4.39 Å². The van der Waals surface area contributed by atoms with Crippen LogP contribution < -0.4 is 5.32 Å². The summed E-state index contributed by atoms with van der Waals surface area (Å²) in [7, 11) is 1.89. The highest BCUT2D eigenvalue weighted by Gasteiger charge is 2.23. The van der Waals surface area contributed by atoms with Gasteiger partial charge in [0.15, 0.2) is 0 Å². The fourth-order valence-electron chi connectivity index (χ4n) is 2.78. The number of piperidine rings is 1. The first-order chi connectivity index (χ1) is 9.25. The van der Waals surface area contributed by atoms with Gasteiger partial charge in [-0.15, -0.1) is 0 Å². The normalized spacial score (nSPS) is 19.6. The van der Waals surface area contributed by atoms with Crippen LogP contribution in [0.3, 0.4) is 0 Å². The number of aryl methyl sites for hydroxylation is 1. The molecule has 0 saturated carbocycles. The van der Waals surface area contributed by atoms with Crippen molar-refractivity contribution in [3.8, 4) is 11.1 Å². The Morgan fingerprint density at radius 3 is 2.89 bits per heavy atom. The number of hydrogen-bond donors (Lipinski definition) is 1. The van der Waals surface area contributed by atoms with Crippen molar-refractivity contribution in [2.45, 2.75) is 18.8 Å². The van der Waals surface area contributed by atoms with Gasteiger partial charge in [-0.1, -0.05) is 18.2 Å². The molecule has 1 aromatic heterocycles. The Kier molecular flexibility index (Phi) is 3.34. The molecule has 0 spiro atoms. The number of hydrogen-bond acceptors (Lipinski definition) is 2. The number of rotatable bonds is 2. The molecule has 100 valence electrons. The highest BCUT2D eigenvalue weighted by molar-refractivity contribution is 5.66. The number of aromatic nitrogens is 2. The maximum Gasteiger partial charge on any atom is 0.131 e. The van der Waals surface area contributed by atoms with Crippen LogP contribution in [0.25, 0.3) is 11.1 Å². The van der Waals surface area contributed by atoms with Crippen LogP contribution in [0.15, 0.2) is 30.5 Å². The summed E-state index contributed by atoms with van der Waals surface area (Å²) in [6.07, 6.45) is 4.19. The Hall–Kier alpha value is -1.68. The predicted molar refractivity (Wildman–Crippen MR) is 73.4 cm³/mol. The molecule has 1 aliphatic rings. The van der Waals surface area contributed by atoms with Crippen molar-refractivity contribution < 1.29 is 4.39 Å². The molecule has 1 saturated heterocycles. The summed E-state index contributed by atoms with van der Waals surface area (Å²) in [5, 5.41) is 7.95. The van der Waals surface area contributed by atoms with E-state index in [-0.39, 0.29) is 5.82 Å². The van der Waals surface area contributed by atoms with Crippen LogP contribution in [-0.4, -0.2) is 22.9 Å². The minimum Gasteiger partial charge on any atom is -0.316 e. The lowest BCUT2D eigenvalue weighted by Gasteiger charge is -2.22. The maximum absolute atomic E-state index is 14.0. The molecule has 1 unspecified atom stereocenters. The summed E-state index contributed by atoms with van der Waals surface area (Å²) in [5.74, 6) is 0.199. The van der Waals surface area contributed by atoms with Gasteiger partial charge in [0.25, 0.3) is 0 Å². The molecule has 0 bridgehead atoms. The summed E-state index contributed by atoms with van der Waals surface area (Å²) in [4.78, 5) is 0. The lowest BCUT2D eigenvalue weighted by molar-refractivity contribution is 0.452. The number of nitrogens with one attached hydrogen (secondary N) is 1. The topological polar surface area (TPSA) is 29.9 Å². The van der Waals surface area contributed by atoms with Crippen LogP contribution >= 0.6 is 0 Å². The Balaban J connectivity index is 2.04. The van der Waals surface area contributed by atoms with E-state index in [2.05, 4.69) is 10.4 Å². The van der Waals surface area contributed by atoms with Crippen molar-refractivity contribution in [1.82, 2.24) is 15.1 Å². The first-order valence-electron chi connectivity index (χ1n) is 6.75. The molecule has 1 atom stereocenters. The second-order valence-corrected chi connectivity index (χ2v) is 5.12. The lowest BCUT2D eigenvalue weighted by Crippen LogP contribution is -2.28. The summed E-state index contributed by atoms with van der Waals surface area (Å²) < 4.78 is 15.8. The number of nitrogens with zero attached hydrogens (tertiary/aromatic N) is 2. The van der Waals surface area contributed by atoms with E-state index < -0.39 is 0 Å². The summed E-state index contributed by atoms with van der Waals surface area (Å²) in [5.41, 5.74) is 2.59. The van der Waals surface area contributed by atoms with Crippen molar-refractivity contribution in [3.63, 3.8) is 0 Å². The van der Waals surface area contributed by atoms with Gasteiger partial charge in [0.05, 0.1) is 5.69 Å². The Morgan fingerprint density at radius 2 is 2.16 bits per heavy atom. The monoisotopic (exact) mass is 259 g/mol. The van der Waals surface area contributed by atoms with Crippen LogP contribution in [0.2, 0.25) is 0 Å². The van der Waals surface area contributed by atoms with Crippen molar-refractivity contribution in [3.05, 3.63) is 42.0 Å². The summed E-state index contributed by atoms with van der Waals surface area (Å²) in [6, 6.07) is 6.92. The number of benzene rings is 1. The van der Waals surface area contributed by atoms with Gasteiger partial charge >= 0.3 is 0 Å². The quantitative estimate of drug-likeness (QED) is 0.898. The van der Waals surface area contributed by atoms with E-state index in [1.165, 1.54) is 6.07 Å². The van der Waals surface area contributed by atoms with Crippen molar-refractivity contribution in [1.29, 1.82) is 0 Å². The van der Waals surface area contributed by atoms with Gasteiger partial charge in [-0.2, -0.15) is 5.10 Å². The minimum absolute atomic E-state index is 0.180. The Bertz CT molecular complexity index is 571. The first kappa shape index (κ1) is 12.4. The highest BCUT2D eigenvalue weighted by Crippen LogP contribution is 2.32. The van der Waals surface area contributed by atoms with E-state index in [0.29, 0.717) is 11.5 Å². The first-order valence-corrected chi connectivity index (χ1v) is 6.75. The molecule has 2 aromatic rings. The molecule has 3 nitrogen and oxygen atoms in total. The van der Waals surface area contributed by atoms with Crippen molar-refractivity contribution >= 4 is 0 Å². The van der Waals surface area contributed by atoms with Crippen molar-refractivity contribution in [2.24, 2.45) is 7.05 Å². The second kappa shape index (κ2) is 5.13. The fraction of sp³-hybridized carbons (Fsp3) is 0.400. The standard InChI is InChI=1S/C15H18FN3/c1-19-10-13(12-6-2-3-7-14(12)16)15(18-19)11-5-4-8-17-9-11/h2-3,6-7,10-11,17H,4-5,8-9H2,1H3. The SMILES string of the molecule is Cn1cc(-c2ccccc2F)c(C2CCCNC2)n1. The predicted octanol–water partition coefficient (Wildman–Crippen LogP) is 2.69. The lowest BCUT2D eigenvalue weighted by atomic mass is 9.91. The van der Waals surface area contributed by atoms with E-state index in [9.17, 15) is 4.39 Å². The molecule has 3 rings (SSSR count). The Morgan fingerprint density at radius 1 is 1.32 bits per heavy atom. The molecule has 0 aliphatic carbocycles. The third kappa shape index (κ3) is 2.40. The summed E-state index contributed by atoms with van der Waals surface area (Å²) >= 11 is 0. The van der Waals surface area contributed by atoms with E-state index in [1.54, 1.807) is 10.7 Å². The molecule has 4 heteroatoms. The van der Waals surface area contributed by atoms with Gasteiger partial charge < -0.3 is 5.32 Å². The van der Waals surface area contributed by atoms with Gasteiger partial charge in [-0.3, -0.25) is 4.68 Å². The van der Waals surface area contributed by atoms with Gasteiger partial charge in [0, 0.05) is 36.8 Å². The fourth-order valence-corrected chi connectivity index (χ4v) is 2.78. The van der Waals surface area contributed by atoms with Crippen LogP contribution in [0.1, 0.15) is 24.5 Å². The third-order valence-corrected chi connectivity index (χ3v) is 3.70. The summed E-state index contributed by atoms with van der Waals surface area (Å²) in [6.45, 7) is 2.00. The zero-order valence-corrected chi connectivity index (χ0v) is 11.1. The zero-order chi connectivity index (χ0) is 13.2. The van der Waals surface area contributed by atoms with E-state index >= 15 is 0 Å². The Labute approximate surface area is 112 Å². The van der Waals surface area contributed by atoms with E-state index in [0.717, 1.165) is 37.2 Å². The molecule has 1 aliphatic heterocycles. The van der Waals surface area contributed by atoms with Gasteiger partial charge in [0.2, 0.25) is 0 Å². The molecular formula is C15H18FN3. The van der Waals surface area contributed by atoms with E-state index in [1.807, 2.05) is 25.4 Å². The van der Waals surface area contributed by atoms with Gasteiger partial charge in [0.1, 0.15) is 5.82 Å². The minimum atomic E-state index is -0.180. The molecular weight excluding hydrogens is 241 g/mol. The molecule has 1 N–H and O–H groups in total. The average Bonchev–Trinajstić information content (AvgIpc) is 2.82. The third-order valence-electron chi connectivity index (χ3n) is 3.70. The van der Waals surface area contributed by atoms with E-state index in [4.69, 9.17) is 0 Å². The molecule has 0 amide bonds. The zero-order valence-electron chi connectivity index (χ0n) is 11.1. The second-order valence-electron chi connectivity index (χ2n) is 5.12. The molecule has 2 heterocycles. The molecule has 19 heavy (non-hydrogen) atoms. The molecule has 0 radical (unpaired) electrons. The van der Waals surface area contributed by atoms with Crippen LogP contribution in [-0.2, 0) is 7.05 Å². The maximum atomic E-state index is 14.0. The largest absolute Gasteiger partial charge is 0.316 e. The van der Waals surface area contributed by atoms with Crippen molar-refractivity contribution in [2.75, 3.05) is 13.1 Å².